The van der Waals surface area contributed by atoms with Gasteiger partial charge in [-0.25, -0.2) is 4.39 Å². The van der Waals surface area contributed by atoms with Gasteiger partial charge in [0.15, 0.2) is 0 Å². The average molecular weight is 399 g/mol. The van der Waals surface area contributed by atoms with Crippen molar-refractivity contribution >= 4 is 17.4 Å². The monoisotopic (exact) mass is 399 g/mol. The number of aliphatic hydroxyl groups excluding tert-OH is 1. The first-order valence-corrected chi connectivity index (χ1v) is 9.06. The van der Waals surface area contributed by atoms with Crippen LogP contribution >= 0.6 is 0 Å². The highest BCUT2D eigenvalue weighted by molar-refractivity contribution is 6.46. The van der Waals surface area contributed by atoms with Gasteiger partial charge in [0.1, 0.15) is 17.3 Å². The number of nitrogens with zero attached hydrogens (tertiary/aromatic N) is 1. The van der Waals surface area contributed by atoms with Crippen molar-refractivity contribution < 1.29 is 28.6 Å². The van der Waals surface area contributed by atoms with Crippen molar-refractivity contribution in [3.8, 4) is 5.75 Å². The third-order valence-electron chi connectivity index (χ3n) is 4.87. The molecule has 1 saturated heterocycles. The van der Waals surface area contributed by atoms with Gasteiger partial charge in [0, 0.05) is 13.7 Å². The fourth-order valence-corrected chi connectivity index (χ4v) is 3.44. The Balaban J connectivity index is 2.22. The number of methoxy groups -OCH3 is 2. The molecule has 1 aliphatic rings. The molecule has 0 radical (unpaired) electrons. The van der Waals surface area contributed by atoms with Crippen molar-refractivity contribution in [1.29, 1.82) is 0 Å². The molecule has 2 aromatic carbocycles. The van der Waals surface area contributed by atoms with Crippen molar-refractivity contribution in [2.45, 2.75) is 13.0 Å². The largest absolute Gasteiger partial charge is 0.507 e. The third-order valence-corrected chi connectivity index (χ3v) is 4.87. The van der Waals surface area contributed by atoms with Crippen molar-refractivity contribution in [2.75, 3.05) is 27.4 Å². The molecule has 2 aromatic rings. The van der Waals surface area contributed by atoms with Gasteiger partial charge in [-0.15, -0.1) is 0 Å². The maximum absolute atomic E-state index is 13.4. The first kappa shape index (κ1) is 20.5. The summed E-state index contributed by atoms with van der Waals surface area (Å²) in [7, 11) is 2.94. The maximum atomic E-state index is 13.4. The number of rotatable bonds is 6. The number of aliphatic hydroxyl groups is 1. The molecule has 1 fully saturated rings. The second kappa shape index (κ2) is 8.45. The molecule has 0 aromatic heterocycles. The van der Waals surface area contributed by atoms with E-state index in [-0.39, 0.29) is 24.5 Å². The minimum Gasteiger partial charge on any atom is -0.507 e. The van der Waals surface area contributed by atoms with Crippen LogP contribution in [0.1, 0.15) is 22.7 Å². The fourth-order valence-electron chi connectivity index (χ4n) is 3.44. The molecule has 1 unspecified atom stereocenters. The molecule has 0 aliphatic carbocycles. The highest BCUT2D eigenvalue weighted by Crippen LogP contribution is 2.40. The van der Waals surface area contributed by atoms with E-state index in [1.54, 1.807) is 12.1 Å². The lowest BCUT2D eigenvalue weighted by molar-refractivity contribution is -0.140. The Morgan fingerprint density at radius 1 is 1.14 bits per heavy atom. The van der Waals surface area contributed by atoms with Crippen molar-refractivity contribution in [3.05, 3.63) is 70.5 Å². The van der Waals surface area contributed by atoms with Crippen LogP contribution in [0.4, 0.5) is 4.39 Å². The molecule has 7 heteroatoms. The molecule has 6 nitrogen and oxygen atoms in total. The number of aryl methyl sites for hydroxylation is 1. The van der Waals surface area contributed by atoms with Crippen LogP contribution in [-0.2, 0) is 14.3 Å². The topological polar surface area (TPSA) is 76.1 Å². The number of Topliss-reactive ketones (excluding diaryl/α,β-unsaturated/α-hetero) is 1. The maximum Gasteiger partial charge on any atom is 0.295 e. The lowest BCUT2D eigenvalue weighted by atomic mass is 9.94. The minimum absolute atomic E-state index is 0.0680. The molecule has 1 amide bonds. The van der Waals surface area contributed by atoms with E-state index in [0.29, 0.717) is 16.9 Å². The lowest BCUT2D eigenvalue weighted by Crippen LogP contribution is -2.32. The fraction of sp³-hybridized carbons (Fsp3) is 0.273. The zero-order valence-electron chi connectivity index (χ0n) is 16.4. The van der Waals surface area contributed by atoms with E-state index in [1.165, 1.54) is 43.4 Å². The Kier molecular flexibility index (Phi) is 5.98. The quantitative estimate of drug-likeness (QED) is 0.459. The number of hydrogen-bond donors (Lipinski definition) is 1. The smallest absolute Gasteiger partial charge is 0.295 e. The number of benzene rings is 2. The van der Waals surface area contributed by atoms with Gasteiger partial charge in [-0.2, -0.15) is 0 Å². The number of amides is 1. The number of halogens is 1. The lowest BCUT2D eigenvalue weighted by Gasteiger charge is -2.25. The molecule has 1 aliphatic heterocycles. The number of carbonyl (C=O) groups excluding carboxylic acids is 2. The van der Waals surface area contributed by atoms with E-state index in [0.717, 1.165) is 5.56 Å². The standard InChI is InChI=1S/C22H22FNO5/c1-13-4-9-17(29-3)16(12-13)20(25)18-19(14-5-7-15(23)8-6-14)24(10-11-28-2)22(27)21(18)26/h4-9,12,19,25H,10-11H2,1-3H3/b20-18+. The Bertz CT molecular complexity index is 968. The van der Waals surface area contributed by atoms with Gasteiger partial charge in [0.25, 0.3) is 11.7 Å². The molecular formula is C22H22FNO5. The van der Waals surface area contributed by atoms with Crippen molar-refractivity contribution in [2.24, 2.45) is 0 Å². The van der Waals surface area contributed by atoms with E-state index in [9.17, 15) is 19.1 Å². The summed E-state index contributed by atoms with van der Waals surface area (Å²) in [6, 6.07) is 9.79. The van der Waals surface area contributed by atoms with Crippen LogP contribution < -0.4 is 4.74 Å². The predicted octanol–water partition coefficient (Wildman–Crippen LogP) is 3.21. The number of carbonyl (C=O) groups is 2. The number of ketones is 1. The van der Waals surface area contributed by atoms with Crippen molar-refractivity contribution in [1.82, 2.24) is 4.90 Å². The van der Waals surface area contributed by atoms with Crippen LogP contribution in [0.3, 0.4) is 0 Å². The Morgan fingerprint density at radius 2 is 1.83 bits per heavy atom. The molecule has 0 bridgehead atoms. The minimum atomic E-state index is -0.865. The van der Waals surface area contributed by atoms with Crippen LogP contribution in [-0.4, -0.2) is 49.1 Å². The normalized spacial score (nSPS) is 18.3. The number of ether oxygens (including phenoxy) is 2. The molecule has 1 atom stereocenters. The van der Waals surface area contributed by atoms with Crippen molar-refractivity contribution in [3.63, 3.8) is 0 Å². The van der Waals surface area contributed by atoms with Gasteiger partial charge in [-0.1, -0.05) is 23.8 Å². The molecule has 29 heavy (non-hydrogen) atoms. The summed E-state index contributed by atoms with van der Waals surface area (Å²) >= 11 is 0. The number of likely N-dealkylation sites (tertiary alicyclic amines) is 1. The summed E-state index contributed by atoms with van der Waals surface area (Å²) in [5.74, 6) is -1.96. The summed E-state index contributed by atoms with van der Waals surface area (Å²) in [4.78, 5) is 26.9. The van der Waals surface area contributed by atoms with Gasteiger partial charge in [0.05, 0.1) is 30.9 Å². The van der Waals surface area contributed by atoms with Gasteiger partial charge in [-0.3, -0.25) is 9.59 Å². The van der Waals surface area contributed by atoms with Gasteiger partial charge >= 0.3 is 0 Å². The summed E-state index contributed by atoms with van der Waals surface area (Å²) in [5, 5.41) is 11.1. The molecular weight excluding hydrogens is 377 g/mol. The van der Waals surface area contributed by atoms with Gasteiger partial charge in [0.2, 0.25) is 0 Å². The second-order valence-electron chi connectivity index (χ2n) is 6.74. The van der Waals surface area contributed by atoms with E-state index in [1.807, 2.05) is 13.0 Å². The molecule has 1 heterocycles. The zero-order chi connectivity index (χ0) is 21.1. The first-order valence-electron chi connectivity index (χ1n) is 9.06. The van der Waals surface area contributed by atoms with Crippen LogP contribution in [0.5, 0.6) is 5.75 Å². The molecule has 0 saturated carbocycles. The van der Waals surface area contributed by atoms with Crippen LogP contribution in [0.2, 0.25) is 0 Å². The Labute approximate surface area is 168 Å². The van der Waals surface area contributed by atoms with E-state index >= 15 is 0 Å². The van der Waals surface area contributed by atoms with E-state index < -0.39 is 23.5 Å². The first-order chi connectivity index (χ1) is 13.9. The van der Waals surface area contributed by atoms with Crippen LogP contribution in [0.15, 0.2) is 48.0 Å². The van der Waals surface area contributed by atoms with Gasteiger partial charge < -0.3 is 19.5 Å². The summed E-state index contributed by atoms with van der Waals surface area (Å²) in [5.41, 5.74) is 1.60. The third kappa shape index (κ3) is 3.86. The van der Waals surface area contributed by atoms with Gasteiger partial charge in [-0.05, 0) is 36.8 Å². The summed E-state index contributed by atoms with van der Waals surface area (Å²) in [6.45, 7) is 2.19. The predicted molar refractivity (Wildman–Crippen MR) is 105 cm³/mol. The zero-order valence-corrected chi connectivity index (χ0v) is 16.4. The van der Waals surface area contributed by atoms with Crippen LogP contribution in [0, 0.1) is 12.7 Å². The highest BCUT2D eigenvalue weighted by atomic mass is 19.1. The molecule has 0 spiro atoms. The molecule has 1 N–H and O–H groups in total. The summed E-state index contributed by atoms with van der Waals surface area (Å²) in [6.07, 6.45) is 0. The number of hydrogen-bond acceptors (Lipinski definition) is 5. The molecule has 3 rings (SSSR count). The SMILES string of the molecule is COCCN1C(=O)C(=O)/C(=C(/O)c2cc(C)ccc2OC)C1c1ccc(F)cc1. The highest BCUT2D eigenvalue weighted by Gasteiger charge is 2.46. The van der Waals surface area contributed by atoms with E-state index in [4.69, 9.17) is 9.47 Å². The Hall–Kier alpha value is -3.19. The van der Waals surface area contributed by atoms with Crippen LogP contribution in [0.25, 0.3) is 5.76 Å². The second-order valence-corrected chi connectivity index (χ2v) is 6.74. The molecule has 152 valence electrons. The Morgan fingerprint density at radius 3 is 2.45 bits per heavy atom. The summed E-state index contributed by atoms with van der Waals surface area (Å²) < 4.78 is 23.8. The van der Waals surface area contributed by atoms with E-state index in [2.05, 4.69) is 0 Å². The average Bonchev–Trinajstić information content (AvgIpc) is 2.97.